The molecule has 0 aliphatic heterocycles. The normalized spacial score (nSPS) is 19.2. The minimum absolute atomic E-state index is 0.0139. The Labute approximate surface area is 118 Å². The van der Waals surface area contributed by atoms with Crippen LogP contribution in [0.25, 0.3) is 0 Å². The number of nitriles is 1. The predicted molar refractivity (Wildman–Crippen MR) is 73.9 cm³/mol. The van der Waals surface area contributed by atoms with Gasteiger partial charge in [0.15, 0.2) is 0 Å². The third-order valence-electron chi connectivity index (χ3n) is 2.98. The van der Waals surface area contributed by atoms with Crippen molar-refractivity contribution in [3.8, 4) is 6.07 Å². The molecule has 1 aromatic carbocycles. The van der Waals surface area contributed by atoms with Crippen LogP contribution in [0, 0.1) is 16.7 Å². The number of aldehydes is 1. The Morgan fingerprint density at radius 2 is 1.89 bits per heavy atom. The zero-order chi connectivity index (χ0) is 13.8. The van der Waals surface area contributed by atoms with E-state index in [4.69, 9.17) is 28.5 Å². The number of carbonyl (C=O) groups is 1. The topological polar surface area (TPSA) is 40.9 Å². The van der Waals surface area contributed by atoms with Crippen LogP contribution in [0.4, 0.5) is 0 Å². The molecule has 0 radical (unpaired) electrons. The highest BCUT2D eigenvalue weighted by molar-refractivity contribution is 6.34. The van der Waals surface area contributed by atoms with Gasteiger partial charge in [-0.2, -0.15) is 5.26 Å². The Morgan fingerprint density at radius 3 is 2.17 bits per heavy atom. The number of hydrogen-bond donors (Lipinski definition) is 0. The number of nitrogens with zero attached hydrogens (tertiary/aromatic N) is 1. The maximum Gasteiger partial charge on any atom is 0.134 e. The van der Waals surface area contributed by atoms with Gasteiger partial charge < -0.3 is 4.79 Å². The van der Waals surface area contributed by atoms with Gasteiger partial charge in [0.2, 0.25) is 0 Å². The maximum atomic E-state index is 9.18. The van der Waals surface area contributed by atoms with Gasteiger partial charge in [0.25, 0.3) is 0 Å². The van der Waals surface area contributed by atoms with E-state index in [9.17, 15) is 4.79 Å². The summed E-state index contributed by atoms with van der Waals surface area (Å²) in [6.45, 7) is 4.54. The van der Waals surface area contributed by atoms with Crippen molar-refractivity contribution in [1.29, 1.82) is 5.26 Å². The summed E-state index contributed by atoms with van der Waals surface area (Å²) in [6, 6.07) is 7.47. The fraction of sp³-hybridized carbons (Fsp3) is 0.429. The monoisotopic (exact) mass is 283 g/mol. The summed E-state index contributed by atoms with van der Waals surface area (Å²) in [5.41, 5.74) is 1.72. The Balaban J connectivity index is 0.000000280. The second-order valence-corrected chi connectivity index (χ2v) is 5.85. The molecule has 2 nitrogen and oxygen atoms in total. The van der Waals surface area contributed by atoms with Crippen molar-refractivity contribution >= 4 is 29.5 Å². The van der Waals surface area contributed by atoms with Crippen molar-refractivity contribution in [2.45, 2.75) is 32.6 Å². The van der Waals surface area contributed by atoms with Gasteiger partial charge in [0.1, 0.15) is 6.29 Å². The summed E-state index contributed by atoms with van der Waals surface area (Å²) in [5.74, 6) is 0.642. The average Bonchev–Trinajstić information content (AvgIpc) is 2.88. The summed E-state index contributed by atoms with van der Waals surface area (Å²) >= 11 is 11.9. The Hall–Kier alpha value is -1.04. The molecule has 18 heavy (non-hydrogen) atoms. The first-order valence-electron chi connectivity index (χ1n) is 5.67. The maximum absolute atomic E-state index is 9.18. The molecule has 4 heteroatoms. The first-order valence-corrected chi connectivity index (χ1v) is 6.43. The van der Waals surface area contributed by atoms with Crippen molar-refractivity contribution in [3.05, 3.63) is 33.8 Å². The van der Waals surface area contributed by atoms with Crippen LogP contribution in [-0.2, 0) is 4.79 Å². The van der Waals surface area contributed by atoms with Crippen LogP contribution < -0.4 is 0 Å². The molecule has 0 saturated heterocycles. The average molecular weight is 284 g/mol. The fourth-order valence-electron chi connectivity index (χ4n) is 1.85. The van der Waals surface area contributed by atoms with Crippen LogP contribution in [0.1, 0.15) is 38.2 Å². The van der Waals surface area contributed by atoms with Gasteiger partial charge in [-0.15, -0.1) is 0 Å². The Morgan fingerprint density at radius 1 is 1.39 bits per heavy atom. The standard InChI is InChI=1S/C11H12Cl2.C3H3NO/c1-11(2)6-10(11)7-3-8(12)5-9(13)4-7;4-2-1-3-5/h3-5,10H,6H2,1-2H3;3H,1H2. The molecule has 1 saturated carbocycles. The molecule has 1 unspecified atom stereocenters. The lowest BCUT2D eigenvalue weighted by Crippen LogP contribution is -1.89. The molecule has 0 amide bonds. The van der Waals surface area contributed by atoms with E-state index in [1.165, 1.54) is 12.0 Å². The highest BCUT2D eigenvalue weighted by Gasteiger charge is 2.46. The van der Waals surface area contributed by atoms with E-state index in [1.807, 2.05) is 12.1 Å². The van der Waals surface area contributed by atoms with Crippen LogP contribution in [0.2, 0.25) is 10.0 Å². The number of benzene rings is 1. The first kappa shape index (κ1) is 15.0. The lowest BCUT2D eigenvalue weighted by atomic mass is 10.0. The summed E-state index contributed by atoms with van der Waals surface area (Å²) < 4.78 is 0. The molecule has 1 atom stereocenters. The van der Waals surface area contributed by atoms with E-state index in [0.29, 0.717) is 17.6 Å². The summed E-state index contributed by atoms with van der Waals surface area (Å²) in [6.07, 6.45) is 1.82. The molecular weight excluding hydrogens is 269 g/mol. The number of hydrogen-bond acceptors (Lipinski definition) is 2. The molecule has 1 aromatic rings. The largest absolute Gasteiger partial charge is 0.302 e. The van der Waals surface area contributed by atoms with E-state index in [-0.39, 0.29) is 6.42 Å². The van der Waals surface area contributed by atoms with Crippen LogP contribution >= 0.6 is 23.2 Å². The molecule has 0 aromatic heterocycles. The van der Waals surface area contributed by atoms with E-state index in [0.717, 1.165) is 10.0 Å². The highest BCUT2D eigenvalue weighted by atomic mass is 35.5. The molecule has 96 valence electrons. The molecule has 0 spiro atoms. The van der Waals surface area contributed by atoms with E-state index in [2.05, 4.69) is 13.8 Å². The van der Waals surface area contributed by atoms with Crippen molar-refractivity contribution in [2.24, 2.45) is 5.41 Å². The van der Waals surface area contributed by atoms with Gasteiger partial charge in [-0.3, -0.25) is 0 Å². The molecule has 1 fully saturated rings. The van der Waals surface area contributed by atoms with Gasteiger partial charge in [0.05, 0.1) is 12.5 Å². The van der Waals surface area contributed by atoms with Gasteiger partial charge in [-0.05, 0) is 41.5 Å². The molecule has 2 rings (SSSR count). The van der Waals surface area contributed by atoms with E-state index in [1.54, 1.807) is 12.1 Å². The molecular formula is C14H15Cl2NO. The zero-order valence-electron chi connectivity index (χ0n) is 10.4. The Bertz CT molecular complexity index is 457. The van der Waals surface area contributed by atoms with Crippen molar-refractivity contribution in [2.75, 3.05) is 0 Å². The first-order chi connectivity index (χ1) is 8.40. The van der Waals surface area contributed by atoms with Gasteiger partial charge in [-0.1, -0.05) is 37.0 Å². The number of rotatable bonds is 2. The second-order valence-electron chi connectivity index (χ2n) is 4.98. The van der Waals surface area contributed by atoms with Gasteiger partial charge in [0, 0.05) is 10.0 Å². The van der Waals surface area contributed by atoms with Crippen molar-refractivity contribution in [1.82, 2.24) is 0 Å². The summed E-state index contributed by atoms with van der Waals surface area (Å²) in [7, 11) is 0. The van der Waals surface area contributed by atoms with E-state index < -0.39 is 0 Å². The smallest absolute Gasteiger partial charge is 0.134 e. The SMILES string of the molecule is CC1(C)CC1c1cc(Cl)cc(Cl)c1.N#CCC=O. The zero-order valence-corrected chi connectivity index (χ0v) is 11.9. The molecule has 1 aliphatic carbocycles. The molecule has 1 aliphatic rings. The lowest BCUT2D eigenvalue weighted by molar-refractivity contribution is -0.107. The van der Waals surface area contributed by atoms with Crippen LogP contribution in [0.15, 0.2) is 18.2 Å². The van der Waals surface area contributed by atoms with Gasteiger partial charge >= 0.3 is 0 Å². The molecule has 0 N–H and O–H groups in total. The van der Waals surface area contributed by atoms with Crippen molar-refractivity contribution in [3.63, 3.8) is 0 Å². The third-order valence-corrected chi connectivity index (χ3v) is 3.41. The van der Waals surface area contributed by atoms with Gasteiger partial charge in [-0.25, -0.2) is 0 Å². The minimum Gasteiger partial charge on any atom is -0.302 e. The van der Waals surface area contributed by atoms with Crippen LogP contribution in [-0.4, -0.2) is 6.29 Å². The second kappa shape index (κ2) is 6.22. The summed E-state index contributed by atoms with van der Waals surface area (Å²) in [5, 5.41) is 9.07. The van der Waals surface area contributed by atoms with Crippen LogP contribution in [0.3, 0.4) is 0 Å². The Kier molecular flexibility index (Phi) is 5.19. The van der Waals surface area contributed by atoms with E-state index >= 15 is 0 Å². The van der Waals surface area contributed by atoms with Crippen LogP contribution in [0.5, 0.6) is 0 Å². The fourth-order valence-corrected chi connectivity index (χ4v) is 2.39. The molecule has 0 bridgehead atoms. The highest BCUT2D eigenvalue weighted by Crippen LogP contribution is 2.58. The quantitative estimate of drug-likeness (QED) is 0.744. The molecule has 0 heterocycles. The summed E-state index contributed by atoms with van der Waals surface area (Å²) in [4.78, 5) is 9.18. The minimum atomic E-state index is 0.0139. The predicted octanol–water partition coefficient (Wildman–Crippen LogP) is 4.61. The number of carbonyl (C=O) groups excluding carboxylic acids is 1. The number of halogens is 2. The lowest BCUT2D eigenvalue weighted by Gasteiger charge is -2.04. The third kappa shape index (κ3) is 4.33. The van der Waals surface area contributed by atoms with Crippen molar-refractivity contribution < 1.29 is 4.79 Å².